The molecule has 0 spiro atoms. The molecule has 0 aliphatic rings. The molecule has 0 atom stereocenters. The van der Waals surface area contributed by atoms with Crippen LogP contribution in [0.4, 0.5) is 4.79 Å². The second kappa shape index (κ2) is 9.45. The van der Waals surface area contributed by atoms with Crippen LogP contribution in [0.5, 0.6) is 5.75 Å². The Hall–Kier alpha value is -2.57. The van der Waals surface area contributed by atoms with Crippen molar-refractivity contribution >= 4 is 17.9 Å². The van der Waals surface area contributed by atoms with E-state index < -0.39 is 24.5 Å². The predicted octanol–water partition coefficient (Wildman–Crippen LogP) is 1.46. The summed E-state index contributed by atoms with van der Waals surface area (Å²) >= 11 is 0. The van der Waals surface area contributed by atoms with E-state index in [1.165, 1.54) is 0 Å². The van der Waals surface area contributed by atoms with Gasteiger partial charge >= 0.3 is 12.0 Å². The minimum atomic E-state index is -0.695. The highest BCUT2D eigenvalue weighted by atomic mass is 16.6. The van der Waals surface area contributed by atoms with Crippen molar-refractivity contribution in [3.63, 3.8) is 0 Å². The highest BCUT2D eigenvalue weighted by Crippen LogP contribution is 2.22. The summed E-state index contributed by atoms with van der Waals surface area (Å²) in [6.45, 7) is 5.25. The summed E-state index contributed by atoms with van der Waals surface area (Å²) < 4.78 is 10.2. The molecule has 0 heterocycles. The van der Waals surface area contributed by atoms with E-state index in [-0.39, 0.29) is 6.61 Å². The van der Waals surface area contributed by atoms with Gasteiger partial charge in [-0.3, -0.25) is 10.1 Å². The number of urea groups is 1. The molecule has 0 fully saturated rings. The quantitative estimate of drug-likeness (QED) is 0.741. The summed E-state index contributed by atoms with van der Waals surface area (Å²) in [6.07, 6.45) is 0.756. The number of hydrogen-bond donors (Lipinski definition) is 2. The summed E-state index contributed by atoms with van der Waals surface area (Å²) in [5.41, 5.74) is 1.81. The largest absolute Gasteiger partial charge is 0.481 e. The zero-order valence-electron chi connectivity index (χ0n) is 13.6. The molecule has 1 rings (SSSR count). The lowest BCUT2D eigenvalue weighted by molar-refractivity contribution is -0.150. The zero-order chi connectivity index (χ0) is 17.2. The molecule has 0 radical (unpaired) electrons. The first kappa shape index (κ1) is 18.5. The zero-order valence-corrected chi connectivity index (χ0v) is 13.6. The van der Waals surface area contributed by atoms with Gasteiger partial charge in [0.25, 0.3) is 5.91 Å². The maximum absolute atomic E-state index is 11.6. The lowest BCUT2D eigenvalue weighted by Crippen LogP contribution is -2.41. The highest BCUT2D eigenvalue weighted by molar-refractivity contribution is 5.95. The highest BCUT2D eigenvalue weighted by Gasteiger charge is 2.12. The molecule has 0 aliphatic carbocycles. The molecule has 7 nitrogen and oxygen atoms in total. The van der Waals surface area contributed by atoms with Gasteiger partial charge in [0, 0.05) is 6.54 Å². The Morgan fingerprint density at radius 3 is 2.35 bits per heavy atom. The average molecular weight is 322 g/mol. The smallest absolute Gasteiger partial charge is 0.344 e. The van der Waals surface area contributed by atoms with Crippen molar-refractivity contribution in [2.24, 2.45) is 0 Å². The Labute approximate surface area is 135 Å². The Morgan fingerprint density at radius 1 is 1.09 bits per heavy atom. The van der Waals surface area contributed by atoms with Crippen LogP contribution in [0.3, 0.4) is 0 Å². The summed E-state index contributed by atoms with van der Waals surface area (Å²) in [6, 6.07) is 5.02. The third-order valence-electron chi connectivity index (χ3n) is 2.90. The lowest BCUT2D eigenvalue weighted by atomic mass is 10.1. The van der Waals surface area contributed by atoms with Crippen LogP contribution in [-0.4, -0.2) is 37.7 Å². The topological polar surface area (TPSA) is 93.7 Å². The monoisotopic (exact) mass is 322 g/mol. The van der Waals surface area contributed by atoms with E-state index in [4.69, 9.17) is 9.47 Å². The van der Waals surface area contributed by atoms with E-state index in [0.29, 0.717) is 12.3 Å². The Bertz CT molecular complexity index is 551. The number of nitrogens with one attached hydrogen (secondary N) is 2. The number of imide groups is 1. The van der Waals surface area contributed by atoms with Crippen LogP contribution < -0.4 is 15.4 Å². The van der Waals surface area contributed by atoms with Gasteiger partial charge in [-0.25, -0.2) is 9.59 Å². The summed E-state index contributed by atoms with van der Waals surface area (Å²) in [7, 11) is 0. The average Bonchev–Trinajstić information content (AvgIpc) is 2.50. The van der Waals surface area contributed by atoms with Crippen molar-refractivity contribution in [2.45, 2.75) is 27.2 Å². The number of rotatable bonds is 7. The normalized spacial score (nSPS) is 9.87. The van der Waals surface area contributed by atoms with Gasteiger partial charge in [0.2, 0.25) is 0 Å². The maximum Gasteiger partial charge on any atom is 0.344 e. The van der Waals surface area contributed by atoms with Crippen LogP contribution in [0.2, 0.25) is 0 Å². The maximum atomic E-state index is 11.6. The van der Waals surface area contributed by atoms with Crippen LogP contribution in [0.1, 0.15) is 24.5 Å². The first-order chi connectivity index (χ1) is 10.9. The van der Waals surface area contributed by atoms with Gasteiger partial charge in [0.15, 0.2) is 13.2 Å². The van der Waals surface area contributed by atoms with Crippen molar-refractivity contribution in [2.75, 3.05) is 19.8 Å². The van der Waals surface area contributed by atoms with Crippen LogP contribution in [-0.2, 0) is 14.3 Å². The van der Waals surface area contributed by atoms with Crippen LogP contribution in [0.15, 0.2) is 18.2 Å². The first-order valence-electron chi connectivity index (χ1n) is 7.36. The van der Waals surface area contributed by atoms with Gasteiger partial charge < -0.3 is 14.8 Å². The molecule has 3 amide bonds. The molecule has 1 aromatic carbocycles. The molecule has 0 saturated carbocycles. The second-order valence-corrected chi connectivity index (χ2v) is 4.97. The number of esters is 1. The van der Waals surface area contributed by atoms with Crippen molar-refractivity contribution in [1.29, 1.82) is 0 Å². The molecular formula is C16H22N2O5. The fourth-order valence-electron chi connectivity index (χ4n) is 1.79. The lowest BCUT2D eigenvalue weighted by Gasteiger charge is -2.11. The number of hydrogen-bond acceptors (Lipinski definition) is 5. The van der Waals surface area contributed by atoms with Gasteiger partial charge in [-0.2, -0.15) is 0 Å². The van der Waals surface area contributed by atoms with E-state index >= 15 is 0 Å². The van der Waals surface area contributed by atoms with Crippen molar-refractivity contribution < 1.29 is 23.9 Å². The van der Waals surface area contributed by atoms with Gasteiger partial charge in [-0.15, -0.1) is 0 Å². The number of benzene rings is 1. The molecule has 23 heavy (non-hydrogen) atoms. The second-order valence-electron chi connectivity index (χ2n) is 4.97. The standard InChI is InChI=1S/C16H22N2O5/c1-4-8-17-16(21)18-13(19)9-22-14(20)10-23-15-11(2)6-5-7-12(15)3/h5-7H,4,8-10H2,1-3H3,(H2,17,18,19,21). The molecule has 0 aliphatic heterocycles. The van der Waals surface area contributed by atoms with Gasteiger partial charge in [0.05, 0.1) is 0 Å². The van der Waals surface area contributed by atoms with Crippen LogP contribution >= 0.6 is 0 Å². The third kappa shape index (κ3) is 6.82. The number of ether oxygens (including phenoxy) is 2. The fourth-order valence-corrected chi connectivity index (χ4v) is 1.79. The minimum absolute atomic E-state index is 0.305. The molecule has 0 saturated heterocycles. The van der Waals surface area contributed by atoms with Gasteiger partial charge in [-0.1, -0.05) is 25.1 Å². The van der Waals surface area contributed by atoms with E-state index in [0.717, 1.165) is 17.5 Å². The molecule has 0 bridgehead atoms. The molecule has 126 valence electrons. The minimum Gasteiger partial charge on any atom is -0.481 e. The molecule has 0 unspecified atom stereocenters. The molecule has 1 aromatic rings. The van der Waals surface area contributed by atoms with Crippen LogP contribution in [0, 0.1) is 13.8 Å². The predicted molar refractivity (Wildman–Crippen MR) is 84.2 cm³/mol. The van der Waals surface area contributed by atoms with Crippen LogP contribution in [0.25, 0.3) is 0 Å². The van der Waals surface area contributed by atoms with E-state index in [1.807, 2.05) is 39.0 Å². The summed E-state index contributed by atoms with van der Waals surface area (Å²) in [5.74, 6) is -0.761. The Morgan fingerprint density at radius 2 is 1.74 bits per heavy atom. The summed E-state index contributed by atoms with van der Waals surface area (Å²) in [5, 5.41) is 4.53. The Balaban J connectivity index is 2.32. The number of carbonyl (C=O) groups excluding carboxylic acids is 3. The number of para-hydroxylation sites is 1. The Kier molecular flexibility index (Phi) is 7.59. The molecular weight excluding hydrogens is 300 g/mol. The third-order valence-corrected chi connectivity index (χ3v) is 2.90. The first-order valence-corrected chi connectivity index (χ1v) is 7.36. The number of aryl methyl sites for hydroxylation is 2. The summed E-state index contributed by atoms with van der Waals surface area (Å²) in [4.78, 5) is 34.2. The SMILES string of the molecule is CCCNC(=O)NC(=O)COC(=O)COc1c(C)cccc1C. The van der Waals surface area contributed by atoms with Crippen molar-refractivity contribution in [1.82, 2.24) is 10.6 Å². The van der Waals surface area contributed by atoms with Gasteiger partial charge in [0.1, 0.15) is 5.75 Å². The van der Waals surface area contributed by atoms with Gasteiger partial charge in [-0.05, 0) is 31.4 Å². The number of amides is 3. The fraction of sp³-hybridized carbons (Fsp3) is 0.438. The number of carbonyl (C=O) groups is 3. The van der Waals surface area contributed by atoms with E-state index in [9.17, 15) is 14.4 Å². The molecule has 7 heteroatoms. The van der Waals surface area contributed by atoms with Crippen molar-refractivity contribution in [3.05, 3.63) is 29.3 Å². The van der Waals surface area contributed by atoms with E-state index in [1.54, 1.807) is 0 Å². The molecule has 2 N–H and O–H groups in total. The molecule has 0 aromatic heterocycles. The van der Waals surface area contributed by atoms with Crippen molar-refractivity contribution in [3.8, 4) is 5.75 Å². The van der Waals surface area contributed by atoms with E-state index in [2.05, 4.69) is 10.6 Å².